The first-order valence-corrected chi connectivity index (χ1v) is 14.5. The molecule has 1 aromatic carbocycles. The van der Waals surface area contributed by atoms with Gasteiger partial charge in [0.2, 0.25) is 0 Å². The number of piperidine rings is 1. The smallest absolute Gasteiger partial charge is 0.345 e. The number of likely N-dealkylation sites (tertiary alicyclic amines) is 1. The SMILES string of the molecule is Cl.Cl.Cl.Cl.O=C(O)c1cc2c(s1)c(C1CCCCC1)c1n2CCN(CCN2CCCCC2)c2cc(Cl)ccc2-1. The third-order valence-electron chi connectivity index (χ3n) is 8.28. The van der Waals surface area contributed by atoms with Gasteiger partial charge in [-0.2, -0.15) is 0 Å². The second-order valence-electron chi connectivity index (χ2n) is 10.4. The maximum absolute atomic E-state index is 11.9. The predicted molar refractivity (Wildman–Crippen MR) is 175 cm³/mol. The Hall–Kier alpha value is -0.860. The fourth-order valence-electron chi connectivity index (χ4n) is 6.53. The Balaban J connectivity index is 0.00000133. The predicted octanol–water partition coefficient (Wildman–Crippen LogP) is 8.76. The van der Waals surface area contributed by atoms with Crippen molar-refractivity contribution in [2.24, 2.45) is 0 Å². The minimum absolute atomic E-state index is 0. The van der Waals surface area contributed by atoms with E-state index >= 15 is 0 Å². The summed E-state index contributed by atoms with van der Waals surface area (Å²) < 4.78 is 3.61. The van der Waals surface area contributed by atoms with Crippen molar-refractivity contribution in [2.75, 3.05) is 37.6 Å². The zero-order chi connectivity index (χ0) is 23.9. The van der Waals surface area contributed by atoms with E-state index in [0.29, 0.717) is 10.8 Å². The van der Waals surface area contributed by atoms with Crippen molar-refractivity contribution >= 4 is 94.4 Å². The van der Waals surface area contributed by atoms with Crippen LogP contribution < -0.4 is 4.90 Å². The molecule has 39 heavy (non-hydrogen) atoms. The lowest BCUT2D eigenvalue weighted by Gasteiger charge is -2.31. The molecule has 6 rings (SSSR count). The maximum Gasteiger partial charge on any atom is 0.345 e. The molecule has 5 nitrogen and oxygen atoms in total. The Morgan fingerprint density at radius 1 is 0.897 bits per heavy atom. The molecule has 0 spiro atoms. The highest BCUT2D eigenvalue weighted by molar-refractivity contribution is 7.21. The summed E-state index contributed by atoms with van der Waals surface area (Å²) in [7, 11) is 0. The van der Waals surface area contributed by atoms with Crippen LogP contribution in [-0.2, 0) is 6.54 Å². The van der Waals surface area contributed by atoms with Crippen molar-refractivity contribution in [3.8, 4) is 11.3 Å². The van der Waals surface area contributed by atoms with Gasteiger partial charge in [-0.3, -0.25) is 0 Å². The zero-order valence-electron chi connectivity index (χ0n) is 21.9. The summed E-state index contributed by atoms with van der Waals surface area (Å²) in [4.78, 5) is 17.5. The van der Waals surface area contributed by atoms with Gasteiger partial charge in [0.1, 0.15) is 4.88 Å². The Kier molecular flexibility index (Phi) is 13.1. The van der Waals surface area contributed by atoms with Crippen molar-refractivity contribution in [1.82, 2.24) is 9.47 Å². The van der Waals surface area contributed by atoms with Gasteiger partial charge in [0, 0.05) is 42.5 Å². The molecule has 11 heteroatoms. The number of aromatic nitrogens is 1. The van der Waals surface area contributed by atoms with E-state index in [1.54, 1.807) is 0 Å². The number of aromatic carboxylic acids is 1. The average Bonchev–Trinajstić information content (AvgIpc) is 3.39. The van der Waals surface area contributed by atoms with Crippen molar-refractivity contribution in [3.63, 3.8) is 0 Å². The van der Waals surface area contributed by atoms with Gasteiger partial charge in [-0.15, -0.1) is 61.0 Å². The highest BCUT2D eigenvalue weighted by Gasteiger charge is 2.32. The first kappa shape index (κ1) is 34.3. The molecular weight excluding hydrogens is 620 g/mol. The van der Waals surface area contributed by atoms with Gasteiger partial charge in [0.25, 0.3) is 0 Å². The lowest BCUT2D eigenvalue weighted by Crippen LogP contribution is -2.38. The lowest BCUT2D eigenvalue weighted by atomic mass is 9.83. The van der Waals surface area contributed by atoms with Crippen molar-refractivity contribution in [1.29, 1.82) is 0 Å². The van der Waals surface area contributed by atoms with Crippen LogP contribution in [0.15, 0.2) is 24.3 Å². The molecule has 0 atom stereocenters. The van der Waals surface area contributed by atoms with Crippen molar-refractivity contribution < 1.29 is 9.90 Å². The number of rotatable bonds is 5. The van der Waals surface area contributed by atoms with E-state index in [4.69, 9.17) is 11.6 Å². The van der Waals surface area contributed by atoms with Crippen molar-refractivity contribution in [3.05, 3.63) is 39.7 Å². The Labute approximate surface area is 264 Å². The summed E-state index contributed by atoms with van der Waals surface area (Å²) in [5, 5.41) is 10.5. The van der Waals surface area contributed by atoms with E-state index in [1.165, 1.54) is 103 Å². The summed E-state index contributed by atoms with van der Waals surface area (Å²) in [6.45, 7) is 6.24. The normalized spacial score (nSPS) is 17.5. The minimum atomic E-state index is -0.820. The number of carboxylic acid groups (broad SMARTS) is 1. The first-order valence-electron chi connectivity index (χ1n) is 13.3. The van der Waals surface area contributed by atoms with Crippen LogP contribution in [0.3, 0.4) is 0 Å². The molecule has 2 aromatic heterocycles. The number of benzene rings is 1. The Morgan fingerprint density at radius 2 is 1.59 bits per heavy atom. The van der Waals surface area contributed by atoms with Crippen LogP contribution in [0.2, 0.25) is 5.02 Å². The monoisotopic (exact) mass is 655 g/mol. The minimum Gasteiger partial charge on any atom is -0.477 e. The molecule has 1 saturated carbocycles. The molecule has 4 heterocycles. The van der Waals surface area contributed by atoms with Crippen LogP contribution in [0.1, 0.15) is 72.5 Å². The van der Waals surface area contributed by atoms with Crippen LogP contribution in [0, 0.1) is 0 Å². The van der Waals surface area contributed by atoms with Gasteiger partial charge in [-0.1, -0.05) is 37.3 Å². The highest BCUT2D eigenvalue weighted by atomic mass is 35.5. The molecule has 1 saturated heterocycles. The van der Waals surface area contributed by atoms with Crippen molar-refractivity contribution in [2.45, 2.75) is 63.8 Å². The molecule has 0 bridgehead atoms. The third-order valence-corrected chi connectivity index (χ3v) is 9.66. The van der Waals surface area contributed by atoms with E-state index in [-0.39, 0.29) is 49.6 Å². The molecule has 218 valence electrons. The number of hydrogen-bond donors (Lipinski definition) is 1. The van der Waals surface area contributed by atoms with Crippen LogP contribution in [0.25, 0.3) is 21.5 Å². The maximum atomic E-state index is 11.9. The molecule has 0 radical (unpaired) electrons. The van der Waals surface area contributed by atoms with E-state index < -0.39 is 5.97 Å². The molecule has 1 N–H and O–H groups in total. The third kappa shape index (κ3) is 6.80. The highest BCUT2D eigenvalue weighted by Crippen LogP contribution is 2.49. The largest absolute Gasteiger partial charge is 0.477 e. The van der Waals surface area contributed by atoms with Gasteiger partial charge in [0.15, 0.2) is 0 Å². The van der Waals surface area contributed by atoms with Crippen LogP contribution in [0.5, 0.6) is 0 Å². The van der Waals surface area contributed by atoms with Gasteiger partial charge in [0.05, 0.1) is 15.9 Å². The fraction of sp³-hybridized carbons (Fsp3) is 0.536. The van der Waals surface area contributed by atoms with E-state index in [2.05, 4.69) is 26.5 Å². The molecule has 2 fully saturated rings. The zero-order valence-corrected chi connectivity index (χ0v) is 26.7. The number of hydrogen-bond acceptors (Lipinski definition) is 4. The lowest BCUT2D eigenvalue weighted by molar-refractivity contribution is 0.0702. The molecule has 2 aliphatic heterocycles. The molecule has 0 amide bonds. The number of thiophene rings is 1. The van der Waals surface area contributed by atoms with Crippen LogP contribution in [-0.4, -0.2) is 53.3 Å². The second-order valence-corrected chi connectivity index (χ2v) is 11.9. The Morgan fingerprint density at radius 3 is 2.28 bits per heavy atom. The number of halogens is 5. The summed E-state index contributed by atoms with van der Waals surface area (Å²) in [5.41, 5.74) is 6.28. The topological polar surface area (TPSA) is 48.7 Å². The Bertz CT molecular complexity index is 1250. The quantitative estimate of drug-likeness (QED) is 0.298. The summed E-state index contributed by atoms with van der Waals surface area (Å²) in [5.74, 6) is -0.328. The number of fused-ring (bicyclic) bond motifs is 5. The number of carbonyl (C=O) groups is 1. The molecule has 0 unspecified atom stereocenters. The summed E-state index contributed by atoms with van der Waals surface area (Å²) >= 11 is 8.03. The summed E-state index contributed by atoms with van der Waals surface area (Å²) in [6.07, 6.45) is 10.2. The van der Waals surface area contributed by atoms with Crippen LogP contribution >= 0.6 is 72.6 Å². The fourth-order valence-corrected chi connectivity index (χ4v) is 7.82. The number of anilines is 1. The van der Waals surface area contributed by atoms with Gasteiger partial charge < -0.3 is 19.5 Å². The average molecular weight is 658 g/mol. The van der Waals surface area contributed by atoms with E-state index in [9.17, 15) is 9.90 Å². The summed E-state index contributed by atoms with van der Waals surface area (Å²) in [6, 6.07) is 8.29. The van der Waals surface area contributed by atoms with Gasteiger partial charge in [-0.05, 0) is 74.5 Å². The van der Waals surface area contributed by atoms with Gasteiger partial charge in [-0.25, -0.2) is 4.79 Å². The van der Waals surface area contributed by atoms with E-state index in [1.807, 2.05) is 12.1 Å². The number of carboxylic acids is 1. The second kappa shape index (κ2) is 14.9. The molecule has 3 aliphatic rings. The van der Waals surface area contributed by atoms with E-state index in [0.717, 1.165) is 36.7 Å². The van der Waals surface area contributed by atoms with Crippen LogP contribution in [0.4, 0.5) is 5.69 Å². The number of nitrogens with zero attached hydrogens (tertiary/aromatic N) is 3. The standard InChI is InChI=1S/C28H34ClN3O2S.4ClH/c29-20-9-10-21-22(17-20)31(14-13-30-11-5-2-6-12-30)15-16-32-23-18-24(28(33)34)35-27(23)25(26(21)32)19-7-3-1-4-8-19;;;;/h9-10,17-19H,1-8,11-16H2,(H,33,34);4*1H. The van der Waals surface area contributed by atoms with Gasteiger partial charge >= 0.3 is 5.97 Å². The first-order chi connectivity index (χ1) is 17.1. The molecule has 1 aliphatic carbocycles. The molecular formula is C28H38Cl5N3O2S. The molecule has 3 aromatic rings.